The molecule has 8 unspecified atom stereocenters. The van der Waals surface area contributed by atoms with E-state index in [1.165, 1.54) is 10.6 Å². The smallest absolute Gasteiger partial charge is 0.748 e. The van der Waals surface area contributed by atoms with Crippen LogP contribution in [0.4, 0.5) is 0 Å². The van der Waals surface area contributed by atoms with Gasteiger partial charge in [-0.05, 0) is 80.0 Å². The third kappa shape index (κ3) is 9.17. The van der Waals surface area contributed by atoms with Crippen molar-refractivity contribution in [3.63, 3.8) is 0 Å². The van der Waals surface area contributed by atoms with Crippen molar-refractivity contribution in [1.82, 2.24) is 0 Å². The molecule has 0 amide bonds. The molecule has 7 rings (SSSR count). The van der Waals surface area contributed by atoms with Gasteiger partial charge in [0.05, 0.1) is 27.6 Å². The predicted octanol–water partition coefficient (Wildman–Crippen LogP) is -0.235. The average molecular weight is 795 g/mol. The fourth-order valence-corrected chi connectivity index (χ4v) is 17.0. The van der Waals surface area contributed by atoms with Gasteiger partial charge in [0.2, 0.25) is 0 Å². The fourth-order valence-electron chi connectivity index (χ4n) is 8.96. The molecule has 4 aromatic carbocycles. The van der Waals surface area contributed by atoms with Crippen molar-refractivity contribution in [2.45, 2.75) is 73.6 Å². The number of hydrogen-bond donors (Lipinski definition) is 0. The van der Waals surface area contributed by atoms with Gasteiger partial charge in [0, 0.05) is 28.6 Å². The Balaban J connectivity index is 0.00000261. The molecule has 2 saturated carbocycles. The minimum Gasteiger partial charge on any atom is -0.748 e. The van der Waals surface area contributed by atoms with Crippen molar-refractivity contribution in [2.24, 2.45) is 17.3 Å². The fraction of sp³-hybridized carbons (Fsp3) is 0.385. The first kappa shape index (κ1) is 43.0. The molecule has 7 nitrogen and oxygen atoms in total. The molecule has 0 radical (unpaired) electrons. The first-order valence-corrected chi connectivity index (χ1v) is 22.3. The Bertz CT molecular complexity index is 1730. The zero-order valence-electron chi connectivity index (χ0n) is 30.1. The molecule has 8 atom stereocenters. The summed E-state index contributed by atoms with van der Waals surface area (Å²) >= 11 is 1.08. The van der Waals surface area contributed by atoms with Gasteiger partial charge >= 0.3 is 59.1 Å². The van der Waals surface area contributed by atoms with Gasteiger partial charge in [-0.1, -0.05) is 135 Å². The molecular formula is C39H42Na2O7P2S2. The largest absolute Gasteiger partial charge is 1.00 e. The van der Waals surface area contributed by atoms with Crippen LogP contribution < -0.4 is 85.6 Å². The van der Waals surface area contributed by atoms with Crippen molar-refractivity contribution in [3.8, 4) is 0 Å². The van der Waals surface area contributed by atoms with Crippen molar-refractivity contribution in [1.29, 1.82) is 0 Å². The molecule has 0 spiro atoms. The molecule has 0 bridgehead atoms. The standard InChI is InChI=1S/C39H44O7P2S2.2Na/c1-39(2)33-23-31(49-46-45-40)24-35(47(27-15-7-3-8-16-27)28-17-9-4-10-18-28)37(33)44-38-34(39)25-32(50(41,42)43)26-36(38)48(29-19-11-5-12-20-29)30-21-13-6-14-22-30;;/h3-22,31-38,40H,23-26H2,1-2H3,(H,41,42,43);;/q;2*+1/p-2. The number of hydrogen-bond acceptors (Lipinski definition) is 8. The normalized spacial score (nSPS) is 28.2. The van der Waals surface area contributed by atoms with E-state index in [2.05, 4.69) is 91.7 Å². The molecule has 4 aromatic rings. The first-order valence-electron chi connectivity index (χ1n) is 17.2. The second-order valence-corrected chi connectivity index (χ2v) is 21.7. The van der Waals surface area contributed by atoms with Gasteiger partial charge in [-0.2, -0.15) is 4.33 Å². The Kier molecular flexibility index (Phi) is 15.6. The Labute approximate surface area is 359 Å². The number of rotatable bonds is 10. The van der Waals surface area contributed by atoms with Crippen LogP contribution in [0.15, 0.2) is 121 Å². The van der Waals surface area contributed by atoms with Gasteiger partial charge in [0.15, 0.2) is 0 Å². The summed E-state index contributed by atoms with van der Waals surface area (Å²) in [5.74, 6) is -0.157. The minimum absolute atomic E-state index is 0. The van der Waals surface area contributed by atoms with Crippen LogP contribution in [0.1, 0.15) is 39.5 Å². The number of ether oxygens (including phenoxy) is 1. The van der Waals surface area contributed by atoms with Crippen LogP contribution in [-0.4, -0.2) is 47.0 Å². The maximum Gasteiger partial charge on any atom is 1.00 e. The summed E-state index contributed by atoms with van der Waals surface area (Å²) < 4.78 is 51.5. The van der Waals surface area contributed by atoms with E-state index in [1.54, 1.807) is 0 Å². The molecule has 52 heavy (non-hydrogen) atoms. The van der Waals surface area contributed by atoms with Gasteiger partial charge < -0.3 is 14.5 Å². The van der Waals surface area contributed by atoms with Gasteiger partial charge in [0.25, 0.3) is 0 Å². The summed E-state index contributed by atoms with van der Waals surface area (Å²) in [6.45, 7) is 4.49. The van der Waals surface area contributed by atoms with Crippen LogP contribution in [0.2, 0.25) is 0 Å². The topological polar surface area (TPSA) is 108 Å². The quantitative estimate of drug-likeness (QED) is 0.0542. The van der Waals surface area contributed by atoms with Crippen molar-refractivity contribution in [2.75, 3.05) is 0 Å². The van der Waals surface area contributed by atoms with Crippen LogP contribution in [0.5, 0.6) is 0 Å². The molecule has 13 heteroatoms. The van der Waals surface area contributed by atoms with Crippen LogP contribution in [-0.2, 0) is 24.2 Å². The summed E-state index contributed by atoms with van der Waals surface area (Å²) in [6, 6.07) is 41.9. The molecule has 3 aliphatic rings. The zero-order valence-corrected chi connectivity index (χ0v) is 37.5. The van der Waals surface area contributed by atoms with Crippen LogP contribution in [0.3, 0.4) is 0 Å². The molecule has 1 heterocycles. The third-order valence-corrected chi connectivity index (χ3v) is 19.0. The van der Waals surface area contributed by atoms with E-state index < -0.39 is 36.6 Å². The maximum absolute atomic E-state index is 13.0. The Hall–Kier alpha value is -0.160. The summed E-state index contributed by atoms with van der Waals surface area (Å²) in [5, 5.41) is 18.6. The second kappa shape index (κ2) is 18.9. The van der Waals surface area contributed by atoms with Crippen molar-refractivity contribution in [3.05, 3.63) is 121 Å². The van der Waals surface area contributed by atoms with E-state index >= 15 is 0 Å². The van der Waals surface area contributed by atoms with E-state index in [0.717, 1.165) is 29.1 Å². The van der Waals surface area contributed by atoms with Gasteiger partial charge in [-0.15, -0.1) is 0 Å². The molecule has 3 fully saturated rings. The summed E-state index contributed by atoms with van der Waals surface area (Å²) in [5.41, 5.74) is -0.511. The van der Waals surface area contributed by atoms with Crippen LogP contribution in [0.25, 0.3) is 0 Å². The van der Waals surface area contributed by atoms with Crippen LogP contribution >= 0.6 is 27.9 Å². The zero-order chi connectivity index (χ0) is 34.9. The first-order chi connectivity index (χ1) is 24.2. The van der Waals surface area contributed by atoms with Crippen molar-refractivity contribution >= 4 is 59.2 Å². The van der Waals surface area contributed by atoms with Crippen molar-refractivity contribution < 1.29 is 91.5 Å². The van der Waals surface area contributed by atoms with Gasteiger partial charge in [-0.3, -0.25) is 5.04 Å². The second-order valence-electron chi connectivity index (χ2n) is 14.2. The summed E-state index contributed by atoms with van der Waals surface area (Å²) in [4.78, 5) is 0. The summed E-state index contributed by atoms with van der Waals surface area (Å²) in [6.07, 6.45) is 1.60. The molecular weight excluding hydrogens is 752 g/mol. The number of fused-ring (bicyclic) bond motifs is 2. The maximum atomic E-state index is 13.0. The van der Waals surface area contributed by atoms with E-state index in [0.29, 0.717) is 6.42 Å². The SMILES string of the molecule is CC1(C)C2CC(SOO[O-])CC(P(c3ccccc3)c3ccccc3)C2OC2C(P(c3ccccc3)c3ccccc3)CC(S(=O)(=O)[O-])CC21.[Na+].[Na+]. The van der Waals surface area contributed by atoms with Gasteiger partial charge in [-0.25, -0.2) is 8.42 Å². The third-order valence-electron chi connectivity index (χ3n) is 11.2. The Morgan fingerprint density at radius 2 is 1.04 bits per heavy atom. The molecule has 0 N–H and O–H groups in total. The van der Waals surface area contributed by atoms with E-state index in [9.17, 15) is 18.2 Å². The van der Waals surface area contributed by atoms with E-state index in [-0.39, 0.29) is 113 Å². The van der Waals surface area contributed by atoms with E-state index in [4.69, 9.17) is 9.07 Å². The molecule has 1 saturated heterocycles. The van der Waals surface area contributed by atoms with Gasteiger partial charge in [0.1, 0.15) is 0 Å². The minimum atomic E-state index is -4.57. The molecule has 2 aliphatic carbocycles. The average Bonchev–Trinajstić information content (AvgIpc) is 3.13. The van der Waals surface area contributed by atoms with Crippen LogP contribution in [0, 0.1) is 17.3 Å². The monoisotopic (exact) mass is 794 g/mol. The predicted molar refractivity (Wildman–Crippen MR) is 201 cm³/mol. The Morgan fingerprint density at radius 1 is 0.654 bits per heavy atom. The Morgan fingerprint density at radius 3 is 1.42 bits per heavy atom. The van der Waals surface area contributed by atoms with E-state index in [1.807, 2.05) is 48.5 Å². The molecule has 264 valence electrons. The summed E-state index contributed by atoms with van der Waals surface area (Å²) in [7, 11) is -6.58. The number of benzene rings is 4. The molecule has 1 aliphatic heterocycles. The molecule has 0 aromatic heterocycles.